The van der Waals surface area contributed by atoms with Crippen molar-refractivity contribution in [3.63, 3.8) is 0 Å². The van der Waals surface area contributed by atoms with Crippen molar-refractivity contribution in [2.45, 2.75) is 283 Å². The molecule has 0 fully saturated rings. The van der Waals surface area contributed by atoms with E-state index < -0.39 is 91.5 Å². The maximum Gasteiger partial charge on any atom is 0.472 e. The number of aliphatic hydroxyl groups is 2. The Labute approximate surface area is 575 Å². The molecule has 4 N–H and O–H groups in total. The first-order chi connectivity index (χ1) is 46.2. The summed E-state index contributed by atoms with van der Waals surface area (Å²) in [6, 6.07) is 0. The normalized spacial score (nSPS) is 15.0. The standard InChI is InChI=1S/C77H128O16P2/c1-4-7-10-13-16-19-22-25-28-30-32-34-35-37-39-40-43-45-48-51-54-57-60-63-75(80)87-66-72(78)67-89-94(83,84)90-68-73(79)69-91-95(85,86)92-71-74(93-77(82)65-62-59-56-53-50-47-42-27-24-21-18-15-12-9-6-3)70-88-76(81)64-61-58-55-52-49-46-44-41-38-36-33-31-29-26-23-20-17-14-11-8-5-2/h8-9,11-12,16-21,25-29,32-34,36-37,39,41-42,44,72-74,78-79H,4-7,10,13-15,22-24,30-31,35,38,40,43,45-71H2,1-3H3,(H,83,84)(H,85,86)/b11-8-,12-9-,19-16-,20-17-,21-18-,28-25-,29-26-,34-32-,36-33-,39-37-,42-27-,44-41-. The SMILES string of the molecule is CC/C=C\C/C=C\C/C=C\C/C=C\C/C=C\CCCCCCCC(=O)OCC(COP(=O)(O)OCC(O)COP(=O)(O)OCC(O)COC(=O)CCCCCCCCC/C=C\C/C=C\C/C=C\C/C=C\CCCCC)OC(=O)CCCCCCC/C=C\C/C=C\C/C=C\CC. The third kappa shape index (κ3) is 70.6. The maximum atomic E-state index is 12.9. The molecule has 0 aliphatic rings. The zero-order valence-corrected chi connectivity index (χ0v) is 60.6. The molecule has 0 amide bonds. The fourth-order valence-electron chi connectivity index (χ4n) is 9.06. The molecule has 0 spiro atoms. The van der Waals surface area contributed by atoms with Gasteiger partial charge >= 0.3 is 33.6 Å². The highest BCUT2D eigenvalue weighted by atomic mass is 31.2. The Balaban J connectivity index is 4.69. The van der Waals surface area contributed by atoms with Crippen molar-refractivity contribution < 1.29 is 75.8 Å². The number of hydrogen-bond acceptors (Lipinski definition) is 14. The molecule has 542 valence electrons. The monoisotopic (exact) mass is 1370 g/mol. The van der Waals surface area contributed by atoms with Gasteiger partial charge in [-0.25, -0.2) is 9.13 Å². The molecule has 0 saturated heterocycles. The lowest BCUT2D eigenvalue weighted by Crippen LogP contribution is -2.30. The van der Waals surface area contributed by atoms with Crippen molar-refractivity contribution in [2.24, 2.45) is 0 Å². The summed E-state index contributed by atoms with van der Waals surface area (Å²) in [4.78, 5) is 58.5. The number of rotatable bonds is 67. The van der Waals surface area contributed by atoms with Crippen LogP contribution < -0.4 is 0 Å². The molecule has 18 heteroatoms. The minimum Gasteiger partial charge on any atom is -0.463 e. The highest BCUT2D eigenvalue weighted by Crippen LogP contribution is 2.45. The minimum atomic E-state index is -4.94. The lowest BCUT2D eigenvalue weighted by Gasteiger charge is -2.21. The van der Waals surface area contributed by atoms with Crippen molar-refractivity contribution in [3.05, 3.63) is 146 Å². The first-order valence-corrected chi connectivity index (χ1v) is 39.1. The summed E-state index contributed by atoms with van der Waals surface area (Å²) in [5.41, 5.74) is 0. The van der Waals surface area contributed by atoms with Gasteiger partial charge in [-0.15, -0.1) is 0 Å². The van der Waals surface area contributed by atoms with E-state index in [1.54, 1.807) is 0 Å². The van der Waals surface area contributed by atoms with Crippen LogP contribution in [0.5, 0.6) is 0 Å². The van der Waals surface area contributed by atoms with Crippen LogP contribution in [0.2, 0.25) is 0 Å². The van der Waals surface area contributed by atoms with Gasteiger partial charge in [-0.2, -0.15) is 0 Å². The van der Waals surface area contributed by atoms with E-state index in [0.717, 1.165) is 180 Å². The molecule has 0 aromatic rings. The average molecular weight is 1370 g/mol. The van der Waals surface area contributed by atoms with Gasteiger partial charge in [0, 0.05) is 19.3 Å². The topological polar surface area (TPSA) is 231 Å². The van der Waals surface area contributed by atoms with Gasteiger partial charge in [0.1, 0.15) is 25.4 Å². The summed E-state index contributed by atoms with van der Waals surface area (Å²) in [7, 11) is -9.81. The van der Waals surface area contributed by atoms with Crippen LogP contribution in [0.4, 0.5) is 0 Å². The summed E-state index contributed by atoms with van der Waals surface area (Å²) in [6.07, 6.45) is 83.2. The number of carbonyl (C=O) groups excluding carboxylic acids is 3. The van der Waals surface area contributed by atoms with Gasteiger partial charge in [-0.3, -0.25) is 32.5 Å². The average Bonchev–Trinajstić information content (AvgIpc) is 2.15. The molecule has 95 heavy (non-hydrogen) atoms. The third-order valence-electron chi connectivity index (χ3n) is 14.5. The van der Waals surface area contributed by atoms with Gasteiger partial charge in [0.05, 0.1) is 26.4 Å². The van der Waals surface area contributed by atoms with Crippen LogP contribution in [0, 0.1) is 0 Å². The van der Waals surface area contributed by atoms with Crippen molar-refractivity contribution in [1.82, 2.24) is 0 Å². The Kier molecular flexibility index (Phi) is 66.0. The fourth-order valence-corrected chi connectivity index (χ4v) is 10.6. The quantitative estimate of drug-likeness (QED) is 0.0146. The van der Waals surface area contributed by atoms with E-state index >= 15 is 0 Å². The molecule has 0 heterocycles. The maximum absolute atomic E-state index is 12.9. The first-order valence-electron chi connectivity index (χ1n) is 36.1. The van der Waals surface area contributed by atoms with Crippen LogP contribution in [0.3, 0.4) is 0 Å². The van der Waals surface area contributed by atoms with Crippen molar-refractivity contribution >= 4 is 33.6 Å². The van der Waals surface area contributed by atoms with Crippen LogP contribution in [-0.2, 0) is 55.8 Å². The number of phosphoric acid groups is 2. The zero-order valence-electron chi connectivity index (χ0n) is 58.8. The van der Waals surface area contributed by atoms with Gasteiger partial charge in [-0.05, 0) is 141 Å². The second kappa shape index (κ2) is 69.3. The van der Waals surface area contributed by atoms with Gasteiger partial charge in [0.25, 0.3) is 0 Å². The van der Waals surface area contributed by atoms with Gasteiger partial charge in [-0.1, -0.05) is 250 Å². The summed E-state index contributed by atoms with van der Waals surface area (Å²) in [5.74, 6) is -1.63. The number of unbranched alkanes of at least 4 members (excludes halogenated alkanes) is 20. The van der Waals surface area contributed by atoms with Crippen molar-refractivity contribution in [1.29, 1.82) is 0 Å². The van der Waals surface area contributed by atoms with E-state index in [-0.39, 0.29) is 19.3 Å². The van der Waals surface area contributed by atoms with E-state index in [0.29, 0.717) is 19.3 Å². The molecule has 0 radical (unpaired) electrons. The number of phosphoric ester groups is 2. The highest BCUT2D eigenvalue weighted by molar-refractivity contribution is 7.47. The van der Waals surface area contributed by atoms with E-state index in [1.165, 1.54) is 25.7 Å². The molecule has 0 aromatic heterocycles. The van der Waals surface area contributed by atoms with Crippen molar-refractivity contribution in [2.75, 3.05) is 39.6 Å². The zero-order chi connectivity index (χ0) is 69.5. The van der Waals surface area contributed by atoms with E-state index in [4.69, 9.17) is 32.3 Å². The van der Waals surface area contributed by atoms with E-state index in [9.17, 15) is 43.5 Å². The lowest BCUT2D eigenvalue weighted by molar-refractivity contribution is -0.161. The number of ether oxygens (including phenoxy) is 3. The molecule has 5 unspecified atom stereocenters. The van der Waals surface area contributed by atoms with Gasteiger partial charge < -0.3 is 34.2 Å². The predicted octanol–water partition coefficient (Wildman–Crippen LogP) is 20.5. The van der Waals surface area contributed by atoms with E-state index in [2.05, 4.69) is 167 Å². The third-order valence-corrected chi connectivity index (χ3v) is 16.4. The summed E-state index contributed by atoms with van der Waals surface area (Å²) >= 11 is 0. The fraction of sp³-hybridized carbons (Fsp3) is 0.649. The molecule has 0 saturated carbocycles. The Morgan fingerprint density at radius 2 is 0.558 bits per heavy atom. The Morgan fingerprint density at radius 1 is 0.305 bits per heavy atom. The number of aliphatic hydroxyl groups excluding tert-OH is 2. The smallest absolute Gasteiger partial charge is 0.463 e. The second-order valence-electron chi connectivity index (χ2n) is 23.6. The Bertz CT molecular complexity index is 2310. The number of esters is 3. The molecule has 16 nitrogen and oxygen atoms in total. The molecule has 0 aliphatic carbocycles. The molecule has 5 atom stereocenters. The summed E-state index contributed by atoms with van der Waals surface area (Å²) in [5, 5.41) is 20.6. The molecular formula is C77H128O16P2. The minimum absolute atomic E-state index is 0.0751. The summed E-state index contributed by atoms with van der Waals surface area (Å²) < 4.78 is 61.0. The van der Waals surface area contributed by atoms with Crippen molar-refractivity contribution in [3.8, 4) is 0 Å². The molecule has 0 rings (SSSR count). The van der Waals surface area contributed by atoms with Gasteiger partial charge in [0.2, 0.25) is 0 Å². The molecule has 0 aliphatic heterocycles. The highest BCUT2D eigenvalue weighted by Gasteiger charge is 2.29. The number of hydrogen-bond donors (Lipinski definition) is 4. The number of carbonyl (C=O) groups is 3. The van der Waals surface area contributed by atoms with E-state index in [1.807, 2.05) is 0 Å². The van der Waals surface area contributed by atoms with Crippen LogP contribution in [-0.4, -0.2) is 95.9 Å². The second-order valence-corrected chi connectivity index (χ2v) is 26.5. The largest absolute Gasteiger partial charge is 0.472 e. The summed E-state index contributed by atoms with van der Waals surface area (Å²) in [6.45, 7) is 2.35. The van der Waals surface area contributed by atoms with Crippen LogP contribution in [0.1, 0.15) is 265 Å². The van der Waals surface area contributed by atoms with Crippen LogP contribution in [0.25, 0.3) is 0 Å². The van der Waals surface area contributed by atoms with Gasteiger partial charge in [0.15, 0.2) is 6.10 Å². The molecule has 0 aromatic carbocycles. The molecule has 0 bridgehead atoms. The molecular weight excluding hydrogens is 1240 g/mol. The Hall–Kier alpha value is -4.57. The lowest BCUT2D eigenvalue weighted by atomic mass is 10.1. The van der Waals surface area contributed by atoms with Crippen LogP contribution in [0.15, 0.2) is 146 Å². The van der Waals surface area contributed by atoms with Crippen LogP contribution >= 0.6 is 15.6 Å². The number of allylic oxidation sites excluding steroid dienone is 24. The first kappa shape index (κ1) is 90.4. The Morgan fingerprint density at radius 3 is 0.884 bits per heavy atom. The predicted molar refractivity (Wildman–Crippen MR) is 389 cm³/mol.